The number of amides is 1. The highest BCUT2D eigenvalue weighted by molar-refractivity contribution is 5.97. The number of imidazole rings is 1. The number of hydrogen-bond donors (Lipinski definition) is 1. The Balaban J connectivity index is 1.82. The number of carbonyl (C=O) groups excluding carboxylic acids is 1. The first-order valence-electron chi connectivity index (χ1n) is 8.90. The molecule has 2 aromatic carbocycles. The van der Waals surface area contributed by atoms with Crippen LogP contribution in [0.4, 0.5) is 8.78 Å². The van der Waals surface area contributed by atoms with E-state index in [1.807, 2.05) is 25.1 Å². The average Bonchev–Trinajstić information content (AvgIpc) is 2.99. The van der Waals surface area contributed by atoms with Gasteiger partial charge in [-0.2, -0.15) is 8.78 Å². The van der Waals surface area contributed by atoms with E-state index in [0.717, 1.165) is 22.4 Å². The lowest BCUT2D eigenvalue weighted by Crippen LogP contribution is -2.39. The Kier molecular flexibility index (Phi) is 3.47. The van der Waals surface area contributed by atoms with E-state index < -0.39 is 6.61 Å². The molecule has 2 aliphatic rings. The van der Waals surface area contributed by atoms with Crippen LogP contribution in [0, 0.1) is 6.92 Å². The fourth-order valence-corrected chi connectivity index (χ4v) is 4.31. The van der Waals surface area contributed by atoms with Crippen molar-refractivity contribution in [1.29, 1.82) is 0 Å². The second kappa shape index (κ2) is 5.77. The zero-order chi connectivity index (χ0) is 18.7. The number of nitrogens with zero attached hydrogens (tertiary/aromatic N) is 2. The highest BCUT2D eigenvalue weighted by Gasteiger charge is 2.38. The summed E-state index contributed by atoms with van der Waals surface area (Å²) in [5.41, 5.74) is 3.73. The third-order valence-corrected chi connectivity index (χ3v) is 5.39. The van der Waals surface area contributed by atoms with Gasteiger partial charge in [0.15, 0.2) is 0 Å². The Morgan fingerprint density at radius 3 is 2.93 bits per heavy atom. The van der Waals surface area contributed by atoms with Gasteiger partial charge in [-0.3, -0.25) is 4.79 Å². The molecule has 0 spiro atoms. The summed E-state index contributed by atoms with van der Waals surface area (Å²) >= 11 is 0. The number of fused-ring (bicyclic) bond motifs is 10. The van der Waals surface area contributed by atoms with Gasteiger partial charge < -0.3 is 14.6 Å². The van der Waals surface area contributed by atoms with Gasteiger partial charge in [-0.25, -0.2) is 4.98 Å². The number of nitrogens with one attached hydrogen (secondary N) is 1. The van der Waals surface area contributed by atoms with Gasteiger partial charge >= 0.3 is 6.61 Å². The molecule has 5 nitrogen and oxygen atoms in total. The molecule has 0 fully saturated rings. The van der Waals surface area contributed by atoms with Crippen molar-refractivity contribution in [3.63, 3.8) is 0 Å². The molecular formula is C20H17F2N3O2. The van der Waals surface area contributed by atoms with Crippen LogP contribution in [-0.2, 0) is 0 Å². The molecule has 3 aromatic rings. The van der Waals surface area contributed by atoms with Crippen molar-refractivity contribution >= 4 is 16.9 Å². The summed E-state index contributed by atoms with van der Waals surface area (Å²) in [4.78, 5) is 17.5. The molecule has 0 unspecified atom stereocenters. The Morgan fingerprint density at radius 1 is 1.26 bits per heavy atom. The fourth-order valence-electron chi connectivity index (χ4n) is 4.31. The standard InChI is InChI=1S/C20H17F2N3O2/c1-10-5-6-12-15(9-10)25-14-8-7-13(18(25)23-12)24-19(26)11-3-2-4-16(17(11)14)27-20(21)22/h2-6,9,13-14,20H,7-8H2,1H3,(H,24,26)/t13-,14-/m1/s1. The van der Waals surface area contributed by atoms with E-state index in [2.05, 4.69) is 9.88 Å². The lowest BCUT2D eigenvalue weighted by molar-refractivity contribution is -0.0508. The van der Waals surface area contributed by atoms with E-state index in [1.54, 1.807) is 12.1 Å². The minimum atomic E-state index is -2.96. The number of ether oxygens (including phenoxy) is 1. The Labute approximate surface area is 154 Å². The molecular weight excluding hydrogens is 352 g/mol. The van der Waals surface area contributed by atoms with Crippen LogP contribution < -0.4 is 10.1 Å². The lowest BCUT2D eigenvalue weighted by Gasteiger charge is -2.36. The van der Waals surface area contributed by atoms with Crippen molar-refractivity contribution in [2.24, 2.45) is 0 Å². The predicted molar refractivity (Wildman–Crippen MR) is 95.1 cm³/mol. The summed E-state index contributed by atoms with van der Waals surface area (Å²) in [6, 6.07) is 10.2. The monoisotopic (exact) mass is 369 g/mol. The maximum absolute atomic E-state index is 13.0. The van der Waals surface area contributed by atoms with Crippen molar-refractivity contribution in [2.45, 2.75) is 38.5 Å². The zero-order valence-electron chi connectivity index (χ0n) is 14.6. The minimum Gasteiger partial charge on any atom is -0.434 e. The molecule has 7 heteroatoms. The van der Waals surface area contributed by atoms with Crippen LogP contribution in [0.5, 0.6) is 5.75 Å². The van der Waals surface area contributed by atoms with E-state index in [9.17, 15) is 13.6 Å². The van der Waals surface area contributed by atoms with E-state index >= 15 is 0 Å². The van der Waals surface area contributed by atoms with E-state index in [-0.39, 0.29) is 23.7 Å². The highest BCUT2D eigenvalue weighted by Crippen LogP contribution is 2.45. The van der Waals surface area contributed by atoms with E-state index in [0.29, 0.717) is 24.0 Å². The van der Waals surface area contributed by atoms with Crippen LogP contribution in [0.1, 0.15) is 52.2 Å². The van der Waals surface area contributed by atoms with Gasteiger partial charge in [0.2, 0.25) is 0 Å². The molecule has 0 aliphatic carbocycles. The van der Waals surface area contributed by atoms with Crippen LogP contribution in [-0.4, -0.2) is 22.1 Å². The number of aromatic nitrogens is 2. The largest absolute Gasteiger partial charge is 0.434 e. The van der Waals surface area contributed by atoms with Gasteiger partial charge in [0.25, 0.3) is 5.91 Å². The molecule has 2 aliphatic heterocycles. The molecule has 5 rings (SSSR count). The number of alkyl halides is 2. The molecule has 3 heterocycles. The van der Waals surface area contributed by atoms with Crippen LogP contribution in [0.2, 0.25) is 0 Å². The molecule has 0 radical (unpaired) electrons. The molecule has 138 valence electrons. The molecule has 1 amide bonds. The summed E-state index contributed by atoms with van der Waals surface area (Å²) in [6.45, 7) is -0.954. The quantitative estimate of drug-likeness (QED) is 0.740. The normalized spacial score (nSPS) is 20.8. The van der Waals surface area contributed by atoms with Crippen LogP contribution in [0.3, 0.4) is 0 Å². The van der Waals surface area contributed by atoms with E-state index in [1.165, 1.54) is 6.07 Å². The minimum absolute atomic E-state index is 0.0449. The predicted octanol–water partition coefficient (Wildman–Crippen LogP) is 4.11. The average molecular weight is 369 g/mol. The number of aryl methyl sites for hydroxylation is 1. The van der Waals surface area contributed by atoms with Crippen molar-refractivity contribution in [2.75, 3.05) is 0 Å². The van der Waals surface area contributed by atoms with Gasteiger partial charge in [-0.1, -0.05) is 12.1 Å². The highest BCUT2D eigenvalue weighted by atomic mass is 19.3. The molecule has 27 heavy (non-hydrogen) atoms. The molecule has 1 N–H and O–H groups in total. The van der Waals surface area contributed by atoms with Gasteiger partial charge in [0.1, 0.15) is 11.6 Å². The second-order valence-electron chi connectivity index (χ2n) is 7.05. The van der Waals surface area contributed by atoms with Crippen molar-refractivity contribution in [1.82, 2.24) is 14.9 Å². The van der Waals surface area contributed by atoms with Gasteiger partial charge in [0.05, 0.1) is 23.1 Å². The first-order valence-corrected chi connectivity index (χ1v) is 8.90. The Hall–Kier alpha value is -2.96. The number of hydrogen-bond acceptors (Lipinski definition) is 3. The number of carbonyl (C=O) groups is 1. The maximum Gasteiger partial charge on any atom is 0.387 e. The van der Waals surface area contributed by atoms with Gasteiger partial charge in [-0.15, -0.1) is 0 Å². The van der Waals surface area contributed by atoms with Crippen molar-refractivity contribution in [3.05, 3.63) is 58.9 Å². The van der Waals surface area contributed by atoms with E-state index in [4.69, 9.17) is 9.72 Å². The Morgan fingerprint density at radius 2 is 2.11 bits per heavy atom. The van der Waals surface area contributed by atoms with Crippen LogP contribution in [0.25, 0.3) is 11.0 Å². The summed E-state index contributed by atoms with van der Waals surface area (Å²) in [6.07, 6.45) is 1.40. The van der Waals surface area contributed by atoms with Crippen LogP contribution >= 0.6 is 0 Å². The first-order chi connectivity index (χ1) is 13.0. The Bertz CT molecular complexity index is 1080. The summed E-state index contributed by atoms with van der Waals surface area (Å²) < 4.78 is 32.9. The SMILES string of the molecule is Cc1ccc2nc3n(c2c1)[C@@H]1CC[C@H]3NC(=O)c2cccc(OC(F)F)c21. The maximum atomic E-state index is 13.0. The van der Waals surface area contributed by atoms with Crippen molar-refractivity contribution < 1.29 is 18.3 Å². The number of halogens is 2. The topological polar surface area (TPSA) is 56.2 Å². The molecule has 2 atom stereocenters. The fraction of sp³-hybridized carbons (Fsp3) is 0.300. The number of rotatable bonds is 2. The third-order valence-electron chi connectivity index (χ3n) is 5.39. The van der Waals surface area contributed by atoms with Crippen molar-refractivity contribution in [3.8, 4) is 5.75 Å². The first kappa shape index (κ1) is 16.2. The zero-order valence-corrected chi connectivity index (χ0v) is 14.6. The molecule has 1 aromatic heterocycles. The molecule has 0 saturated carbocycles. The van der Waals surface area contributed by atoms with Crippen LogP contribution in [0.15, 0.2) is 36.4 Å². The smallest absolute Gasteiger partial charge is 0.387 e. The number of benzene rings is 2. The molecule has 2 bridgehead atoms. The summed E-state index contributed by atoms with van der Waals surface area (Å²) in [5.74, 6) is 0.523. The molecule has 0 saturated heterocycles. The van der Waals surface area contributed by atoms with Gasteiger partial charge in [0, 0.05) is 11.1 Å². The summed E-state index contributed by atoms with van der Waals surface area (Å²) in [5, 5.41) is 3.01. The second-order valence-corrected chi connectivity index (χ2v) is 7.05. The lowest BCUT2D eigenvalue weighted by atomic mass is 9.88. The van der Waals surface area contributed by atoms with Gasteiger partial charge in [-0.05, 0) is 49.6 Å². The third kappa shape index (κ3) is 2.41. The summed E-state index contributed by atoms with van der Waals surface area (Å²) in [7, 11) is 0.